The molecule has 1 heterocycles. The number of benzene rings is 1. The number of hydrogen-bond donors (Lipinski definition) is 2. The molecule has 2 rings (SSSR count). The quantitative estimate of drug-likeness (QED) is 0.356. The summed E-state index contributed by atoms with van der Waals surface area (Å²) >= 11 is 7.75. The lowest BCUT2D eigenvalue weighted by Gasteiger charge is -2.18. The molecule has 4 nitrogen and oxygen atoms in total. The number of nitrogens with zero attached hydrogens (tertiary/aromatic N) is 2. The Kier molecular flexibility index (Phi) is 9.61. The van der Waals surface area contributed by atoms with Crippen LogP contribution in [-0.2, 0) is 13.0 Å². The number of aryl methyl sites for hydroxylation is 1. The lowest BCUT2D eigenvalue weighted by molar-refractivity contribution is 0.686. The number of thiazole rings is 1. The Morgan fingerprint density at radius 1 is 1.38 bits per heavy atom. The summed E-state index contributed by atoms with van der Waals surface area (Å²) in [4.78, 5) is 9.17. The third-order valence-electron chi connectivity index (χ3n) is 3.35. The van der Waals surface area contributed by atoms with E-state index in [4.69, 9.17) is 11.6 Å². The van der Waals surface area contributed by atoms with Crippen LogP contribution in [0.2, 0.25) is 5.02 Å². The fourth-order valence-corrected chi connectivity index (χ4v) is 3.06. The van der Waals surface area contributed by atoms with Gasteiger partial charge >= 0.3 is 0 Å². The molecule has 0 bridgehead atoms. The highest BCUT2D eigenvalue weighted by Gasteiger charge is 2.08. The van der Waals surface area contributed by atoms with E-state index in [2.05, 4.69) is 52.8 Å². The van der Waals surface area contributed by atoms with E-state index in [9.17, 15) is 0 Å². The molecule has 132 valence electrons. The van der Waals surface area contributed by atoms with Crippen LogP contribution in [0.25, 0.3) is 0 Å². The Morgan fingerprint density at radius 2 is 2.17 bits per heavy atom. The van der Waals surface area contributed by atoms with E-state index in [1.807, 2.05) is 18.2 Å². The molecular weight excluding hydrogens is 455 g/mol. The van der Waals surface area contributed by atoms with E-state index in [1.54, 1.807) is 11.3 Å². The summed E-state index contributed by atoms with van der Waals surface area (Å²) in [6.07, 6.45) is 0.971. The molecule has 0 amide bonds. The summed E-state index contributed by atoms with van der Waals surface area (Å²) in [5.41, 5.74) is 2.14. The molecule has 1 aromatic carbocycles. The molecule has 0 saturated heterocycles. The van der Waals surface area contributed by atoms with Crippen LogP contribution in [0.1, 0.15) is 43.1 Å². The van der Waals surface area contributed by atoms with Gasteiger partial charge in [-0.15, -0.1) is 35.3 Å². The molecule has 7 heteroatoms. The van der Waals surface area contributed by atoms with Crippen molar-refractivity contribution >= 4 is 52.9 Å². The van der Waals surface area contributed by atoms with Crippen molar-refractivity contribution in [3.8, 4) is 0 Å². The summed E-state index contributed by atoms with van der Waals surface area (Å²) in [6, 6.07) is 7.98. The summed E-state index contributed by atoms with van der Waals surface area (Å²) < 4.78 is 0. The molecule has 24 heavy (non-hydrogen) atoms. The summed E-state index contributed by atoms with van der Waals surface area (Å²) in [6.45, 7) is 7.65. The van der Waals surface area contributed by atoms with E-state index < -0.39 is 0 Å². The third-order valence-corrected chi connectivity index (χ3v) is 4.62. The Morgan fingerprint density at radius 3 is 2.79 bits per heavy atom. The van der Waals surface area contributed by atoms with Gasteiger partial charge in [-0.25, -0.2) is 9.98 Å². The van der Waals surface area contributed by atoms with E-state index in [-0.39, 0.29) is 30.0 Å². The van der Waals surface area contributed by atoms with Crippen LogP contribution >= 0.6 is 46.9 Å². The maximum absolute atomic E-state index is 6.06. The van der Waals surface area contributed by atoms with Crippen molar-refractivity contribution in [3.63, 3.8) is 0 Å². The van der Waals surface area contributed by atoms with Crippen molar-refractivity contribution in [2.75, 3.05) is 6.54 Å². The van der Waals surface area contributed by atoms with Crippen LogP contribution < -0.4 is 10.6 Å². The Labute approximate surface area is 170 Å². The second-order valence-electron chi connectivity index (χ2n) is 5.20. The van der Waals surface area contributed by atoms with Crippen LogP contribution in [-0.4, -0.2) is 17.5 Å². The number of aromatic nitrogens is 1. The van der Waals surface area contributed by atoms with Crippen molar-refractivity contribution in [2.24, 2.45) is 4.99 Å². The Bertz CT molecular complexity index is 660. The first-order valence-corrected chi connectivity index (χ1v) is 9.11. The van der Waals surface area contributed by atoms with Crippen molar-refractivity contribution in [2.45, 2.75) is 39.8 Å². The summed E-state index contributed by atoms with van der Waals surface area (Å²) in [5, 5.41) is 10.7. The smallest absolute Gasteiger partial charge is 0.192 e. The lowest BCUT2D eigenvalue weighted by atomic mass is 10.1. The lowest BCUT2D eigenvalue weighted by Crippen LogP contribution is -2.38. The average Bonchev–Trinajstić information content (AvgIpc) is 3.01. The Hall–Kier alpha value is -0.860. The summed E-state index contributed by atoms with van der Waals surface area (Å²) in [5.74, 6) is 0.783. The molecule has 2 N–H and O–H groups in total. The second-order valence-corrected chi connectivity index (χ2v) is 6.58. The van der Waals surface area contributed by atoms with Gasteiger partial charge in [0.2, 0.25) is 0 Å². The van der Waals surface area contributed by atoms with Gasteiger partial charge in [0.25, 0.3) is 0 Å². The predicted molar refractivity (Wildman–Crippen MR) is 115 cm³/mol. The van der Waals surface area contributed by atoms with Gasteiger partial charge in [0.15, 0.2) is 5.96 Å². The first-order chi connectivity index (χ1) is 11.1. The number of nitrogens with one attached hydrogen (secondary N) is 2. The molecule has 0 fully saturated rings. The normalized spacial score (nSPS) is 12.4. The van der Waals surface area contributed by atoms with Crippen molar-refractivity contribution in [1.29, 1.82) is 0 Å². The molecule has 0 aliphatic heterocycles. The van der Waals surface area contributed by atoms with Gasteiger partial charge in [0.1, 0.15) is 0 Å². The van der Waals surface area contributed by atoms with Gasteiger partial charge in [-0.05, 0) is 38.0 Å². The van der Waals surface area contributed by atoms with Crippen LogP contribution in [0.3, 0.4) is 0 Å². The van der Waals surface area contributed by atoms with Crippen molar-refractivity contribution in [3.05, 3.63) is 50.9 Å². The number of rotatable bonds is 6. The largest absolute Gasteiger partial charge is 0.357 e. The minimum Gasteiger partial charge on any atom is -0.357 e. The zero-order chi connectivity index (χ0) is 16.7. The van der Waals surface area contributed by atoms with Gasteiger partial charge in [-0.1, -0.05) is 30.7 Å². The van der Waals surface area contributed by atoms with Crippen LogP contribution in [0, 0.1) is 0 Å². The zero-order valence-electron chi connectivity index (χ0n) is 14.2. The van der Waals surface area contributed by atoms with Crippen LogP contribution in [0.5, 0.6) is 0 Å². The van der Waals surface area contributed by atoms with E-state index >= 15 is 0 Å². The van der Waals surface area contributed by atoms with Gasteiger partial charge in [0.05, 0.1) is 23.3 Å². The maximum atomic E-state index is 6.06. The van der Waals surface area contributed by atoms with E-state index in [1.165, 1.54) is 0 Å². The standard InChI is InChI=1S/C17H23ClN4S.HI/c1-4-16-22-15(11-23-16)10-20-17(19-5-2)21-12(3)13-7-6-8-14(18)9-13;/h6-9,11-12H,4-5,10H2,1-3H3,(H2,19,20,21);1H. The number of guanidine groups is 1. The highest BCUT2D eigenvalue weighted by molar-refractivity contribution is 14.0. The van der Waals surface area contributed by atoms with E-state index in [0.29, 0.717) is 6.54 Å². The maximum Gasteiger partial charge on any atom is 0.192 e. The van der Waals surface area contributed by atoms with Gasteiger partial charge < -0.3 is 10.6 Å². The van der Waals surface area contributed by atoms with Gasteiger partial charge in [0, 0.05) is 16.9 Å². The molecular formula is C17H24ClIN4S. The first-order valence-electron chi connectivity index (χ1n) is 7.86. The molecule has 1 unspecified atom stereocenters. The molecule has 2 aromatic rings. The van der Waals surface area contributed by atoms with E-state index in [0.717, 1.165) is 40.2 Å². The highest BCUT2D eigenvalue weighted by Crippen LogP contribution is 2.17. The fourth-order valence-electron chi connectivity index (χ4n) is 2.13. The highest BCUT2D eigenvalue weighted by atomic mass is 127. The number of aliphatic imine (C=N–C) groups is 1. The first kappa shape index (κ1) is 21.2. The molecule has 0 aliphatic carbocycles. The van der Waals surface area contributed by atoms with Crippen LogP contribution in [0.4, 0.5) is 0 Å². The monoisotopic (exact) mass is 478 g/mol. The number of hydrogen-bond acceptors (Lipinski definition) is 3. The molecule has 0 spiro atoms. The molecule has 0 radical (unpaired) electrons. The number of halogens is 2. The molecule has 1 aromatic heterocycles. The molecule has 0 aliphatic rings. The minimum absolute atomic E-state index is 0. The topological polar surface area (TPSA) is 49.3 Å². The molecule has 0 saturated carbocycles. The van der Waals surface area contributed by atoms with Gasteiger partial charge in [-0.3, -0.25) is 0 Å². The van der Waals surface area contributed by atoms with Crippen molar-refractivity contribution in [1.82, 2.24) is 15.6 Å². The SMILES string of the molecule is CCNC(=NCc1csc(CC)n1)NC(C)c1cccc(Cl)c1.I. The zero-order valence-corrected chi connectivity index (χ0v) is 18.1. The van der Waals surface area contributed by atoms with Crippen LogP contribution in [0.15, 0.2) is 34.6 Å². The predicted octanol–water partition coefficient (Wildman–Crippen LogP) is 4.79. The molecule has 1 atom stereocenters. The average molecular weight is 479 g/mol. The van der Waals surface area contributed by atoms with Crippen molar-refractivity contribution < 1.29 is 0 Å². The van der Waals surface area contributed by atoms with Gasteiger partial charge in [-0.2, -0.15) is 0 Å². The minimum atomic E-state index is 0. The fraction of sp³-hybridized carbons (Fsp3) is 0.412. The Balaban J connectivity index is 0.00000288. The summed E-state index contributed by atoms with van der Waals surface area (Å²) in [7, 11) is 0. The third kappa shape index (κ3) is 6.57. The second kappa shape index (κ2) is 10.9.